The van der Waals surface area contributed by atoms with Gasteiger partial charge >= 0.3 is 0 Å². The van der Waals surface area contributed by atoms with Gasteiger partial charge in [-0.25, -0.2) is 0 Å². The molecule has 0 fully saturated rings. The van der Waals surface area contributed by atoms with Crippen LogP contribution in [0.1, 0.15) is 23.2 Å². The Morgan fingerprint density at radius 1 is 1.38 bits per heavy atom. The summed E-state index contributed by atoms with van der Waals surface area (Å²) >= 11 is 1.81. The van der Waals surface area contributed by atoms with Gasteiger partial charge in [-0.1, -0.05) is 12.1 Å². The van der Waals surface area contributed by atoms with Gasteiger partial charge in [-0.05, 0) is 37.0 Å². The molecule has 0 spiro atoms. The highest BCUT2D eigenvalue weighted by Crippen LogP contribution is 2.14. The summed E-state index contributed by atoms with van der Waals surface area (Å²) in [6.45, 7) is 0.660. The first kappa shape index (κ1) is 12.9. The van der Waals surface area contributed by atoms with Crippen molar-refractivity contribution in [3.05, 3.63) is 29.8 Å². The zero-order valence-electron chi connectivity index (χ0n) is 9.40. The summed E-state index contributed by atoms with van der Waals surface area (Å²) in [5, 5.41) is 12.2. The number of hydrogen-bond donors (Lipinski definition) is 2. The van der Waals surface area contributed by atoms with Crippen LogP contribution in [0.4, 0.5) is 0 Å². The zero-order chi connectivity index (χ0) is 11.8. The van der Waals surface area contributed by atoms with Crippen LogP contribution in [0.25, 0.3) is 0 Å². The molecule has 0 heterocycles. The number of carbonyl (C=O) groups is 1. The number of rotatable bonds is 6. The smallest absolute Gasteiger partial charge is 0.255 e. The van der Waals surface area contributed by atoms with Gasteiger partial charge < -0.3 is 10.4 Å². The van der Waals surface area contributed by atoms with Gasteiger partial charge in [0.1, 0.15) is 5.75 Å². The lowest BCUT2D eigenvalue weighted by molar-refractivity contribution is 0.0950. The third-order valence-corrected chi connectivity index (χ3v) is 2.91. The van der Waals surface area contributed by atoms with Crippen molar-refractivity contribution >= 4 is 17.7 Å². The average molecular weight is 239 g/mol. The fraction of sp³-hybridized carbons (Fsp3) is 0.417. The Labute approximate surface area is 100 Å². The van der Waals surface area contributed by atoms with Crippen molar-refractivity contribution < 1.29 is 9.90 Å². The van der Waals surface area contributed by atoms with Gasteiger partial charge in [0.25, 0.3) is 5.91 Å². The molecule has 16 heavy (non-hydrogen) atoms. The van der Waals surface area contributed by atoms with Crippen molar-refractivity contribution in [2.75, 3.05) is 18.6 Å². The van der Waals surface area contributed by atoms with E-state index >= 15 is 0 Å². The lowest BCUT2D eigenvalue weighted by Gasteiger charge is -2.06. The number of unbranched alkanes of at least 4 members (excludes halogenated alkanes) is 1. The van der Waals surface area contributed by atoms with Crippen LogP contribution >= 0.6 is 11.8 Å². The monoisotopic (exact) mass is 239 g/mol. The van der Waals surface area contributed by atoms with E-state index in [2.05, 4.69) is 11.6 Å². The van der Waals surface area contributed by atoms with Crippen molar-refractivity contribution in [3.63, 3.8) is 0 Å². The minimum atomic E-state index is -0.206. The second kappa shape index (κ2) is 7.17. The number of aromatic hydroxyl groups is 1. The van der Waals surface area contributed by atoms with E-state index in [9.17, 15) is 9.90 Å². The van der Waals surface area contributed by atoms with E-state index < -0.39 is 0 Å². The fourth-order valence-electron chi connectivity index (χ4n) is 1.33. The van der Waals surface area contributed by atoms with E-state index in [1.807, 2.05) is 0 Å². The van der Waals surface area contributed by atoms with E-state index in [4.69, 9.17) is 0 Å². The molecule has 0 unspecified atom stereocenters. The molecule has 1 rings (SSSR count). The SMILES string of the molecule is CSCCCCNC(=O)c1ccccc1O. The van der Waals surface area contributed by atoms with Crippen LogP contribution in [-0.2, 0) is 0 Å². The van der Waals surface area contributed by atoms with Gasteiger partial charge in [0, 0.05) is 6.54 Å². The summed E-state index contributed by atoms with van der Waals surface area (Å²) in [6.07, 6.45) is 4.14. The highest BCUT2D eigenvalue weighted by Gasteiger charge is 2.08. The molecule has 3 nitrogen and oxygen atoms in total. The standard InChI is InChI=1S/C12H17NO2S/c1-16-9-5-4-8-13-12(15)10-6-2-3-7-11(10)14/h2-3,6-7,14H,4-5,8-9H2,1H3,(H,13,15). The Morgan fingerprint density at radius 2 is 2.12 bits per heavy atom. The second-order valence-corrected chi connectivity index (χ2v) is 4.46. The largest absolute Gasteiger partial charge is 0.507 e. The van der Waals surface area contributed by atoms with Crippen LogP contribution < -0.4 is 5.32 Å². The molecule has 0 aliphatic carbocycles. The highest BCUT2D eigenvalue weighted by molar-refractivity contribution is 7.98. The molecule has 0 atom stereocenters. The van der Waals surface area contributed by atoms with Crippen LogP contribution in [0.2, 0.25) is 0 Å². The van der Waals surface area contributed by atoms with E-state index in [1.165, 1.54) is 6.07 Å². The average Bonchev–Trinajstić information content (AvgIpc) is 2.29. The number of hydrogen-bond acceptors (Lipinski definition) is 3. The molecule has 1 aromatic carbocycles. The molecule has 0 saturated carbocycles. The minimum absolute atomic E-state index is 0.0316. The molecule has 0 radical (unpaired) electrons. The molecular formula is C12H17NO2S. The minimum Gasteiger partial charge on any atom is -0.507 e. The van der Waals surface area contributed by atoms with E-state index in [-0.39, 0.29) is 11.7 Å². The molecule has 1 aromatic rings. The highest BCUT2D eigenvalue weighted by atomic mass is 32.2. The Balaban J connectivity index is 2.33. The van der Waals surface area contributed by atoms with Gasteiger partial charge in [-0.15, -0.1) is 0 Å². The number of amides is 1. The Bertz CT molecular complexity index is 342. The normalized spacial score (nSPS) is 10.1. The number of carbonyl (C=O) groups excluding carboxylic acids is 1. The zero-order valence-corrected chi connectivity index (χ0v) is 10.2. The molecule has 0 saturated heterocycles. The third-order valence-electron chi connectivity index (χ3n) is 2.21. The molecule has 4 heteroatoms. The molecular weight excluding hydrogens is 222 g/mol. The number of phenols is 1. The van der Waals surface area contributed by atoms with Crippen molar-refractivity contribution in [1.29, 1.82) is 0 Å². The number of benzene rings is 1. The summed E-state index contributed by atoms with van der Waals surface area (Å²) in [5.41, 5.74) is 0.340. The van der Waals surface area contributed by atoms with Crippen molar-refractivity contribution in [2.45, 2.75) is 12.8 Å². The van der Waals surface area contributed by atoms with Gasteiger partial charge in [0.05, 0.1) is 5.56 Å². The van der Waals surface area contributed by atoms with Crippen LogP contribution in [-0.4, -0.2) is 29.6 Å². The molecule has 2 N–H and O–H groups in total. The summed E-state index contributed by atoms with van der Waals surface area (Å²) in [7, 11) is 0. The van der Waals surface area contributed by atoms with Crippen LogP contribution in [0.3, 0.4) is 0 Å². The van der Waals surface area contributed by atoms with E-state index in [0.29, 0.717) is 12.1 Å². The number of para-hydroxylation sites is 1. The Kier molecular flexibility index (Phi) is 5.78. The summed E-state index contributed by atoms with van der Waals surface area (Å²) < 4.78 is 0. The first-order valence-corrected chi connectivity index (χ1v) is 6.70. The van der Waals surface area contributed by atoms with Crippen LogP contribution in [0.15, 0.2) is 24.3 Å². The predicted octanol–water partition coefficient (Wildman–Crippen LogP) is 2.27. The van der Waals surface area contributed by atoms with Gasteiger partial charge in [-0.3, -0.25) is 4.79 Å². The maximum atomic E-state index is 11.6. The van der Waals surface area contributed by atoms with Gasteiger partial charge in [0.2, 0.25) is 0 Å². The molecule has 0 bridgehead atoms. The maximum absolute atomic E-state index is 11.6. The molecule has 88 valence electrons. The summed E-state index contributed by atoms with van der Waals surface area (Å²) in [6, 6.07) is 6.57. The maximum Gasteiger partial charge on any atom is 0.255 e. The number of phenolic OH excluding ortho intramolecular Hbond substituents is 1. The topological polar surface area (TPSA) is 49.3 Å². The lowest BCUT2D eigenvalue weighted by atomic mass is 10.2. The first-order valence-electron chi connectivity index (χ1n) is 5.31. The summed E-state index contributed by atoms with van der Waals surface area (Å²) in [4.78, 5) is 11.6. The Hall–Kier alpha value is -1.16. The molecule has 0 aliphatic rings. The first-order chi connectivity index (χ1) is 7.75. The van der Waals surface area contributed by atoms with Gasteiger partial charge in [-0.2, -0.15) is 11.8 Å². The third kappa shape index (κ3) is 4.14. The molecule has 0 aromatic heterocycles. The molecule has 1 amide bonds. The lowest BCUT2D eigenvalue weighted by Crippen LogP contribution is -2.24. The van der Waals surface area contributed by atoms with Crippen LogP contribution in [0, 0.1) is 0 Å². The van der Waals surface area contributed by atoms with E-state index in [1.54, 1.807) is 30.0 Å². The predicted molar refractivity (Wildman–Crippen MR) is 68.1 cm³/mol. The number of nitrogens with one attached hydrogen (secondary N) is 1. The van der Waals surface area contributed by atoms with Crippen molar-refractivity contribution in [3.8, 4) is 5.75 Å². The van der Waals surface area contributed by atoms with Crippen LogP contribution in [0.5, 0.6) is 5.75 Å². The summed E-state index contributed by atoms with van der Waals surface area (Å²) in [5.74, 6) is 0.943. The Morgan fingerprint density at radius 3 is 2.81 bits per heavy atom. The van der Waals surface area contributed by atoms with Crippen molar-refractivity contribution in [2.24, 2.45) is 0 Å². The molecule has 0 aliphatic heterocycles. The fourth-order valence-corrected chi connectivity index (χ4v) is 1.83. The second-order valence-electron chi connectivity index (χ2n) is 3.47. The van der Waals surface area contributed by atoms with Crippen molar-refractivity contribution in [1.82, 2.24) is 5.32 Å². The van der Waals surface area contributed by atoms with E-state index in [0.717, 1.165) is 18.6 Å². The van der Waals surface area contributed by atoms with Gasteiger partial charge in [0.15, 0.2) is 0 Å². The quantitative estimate of drug-likeness (QED) is 0.749. The number of thioether (sulfide) groups is 1.